The Morgan fingerprint density at radius 1 is 1.10 bits per heavy atom. The average Bonchev–Trinajstić information content (AvgIpc) is 3.33. The number of ether oxygens (including phenoxy) is 1. The molecule has 0 amide bonds. The second-order valence-corrected chi connectivity index (χ2v) is 7.77. The Bertz CT molecular complexity index is 1000. The summed E-state index contributed by atoms with van der Waals surface area (Å²) in [6.07, 6.45) is 3.93. The molecule has 5 nitrogen and oxygen atoms in total. The van der Waals surface area contributed by atoms with Crippen LogP contribution >= 0.6 is 12.2 Å². The van der Waals surface area contributed by atoms with Gasteiger partial charge in [-0.15, -0.1) is 0 Å². The van der Waals surface area contributed by atoms with Crippen LogP contribution < -0.4 is 10.2 Å². The molecule has 0 saturated carbocycles. The number of hydrogen-bond donors (Lipinski definition) is 1. The van der Waals surface area contributed by atoms with Crippen LogP contribution in [0, 0.1) is 13.8 Å². The van der Waals surface area contributed by atoms with E-state index in [9.17, 15) is 0 Å². The van der Waals surface area contributed by atoms with Gasteiger partial charge >= 0.3 is 0 Å². The number of aromatic nitrogens is 2. The maximum Gasteiger partial charge on any atom is 0.174 e. The molecule has 1 aromatic carbocycles. The highest BCUT2D eigenvalue weighted by molar-refractivity contribution is 7.80. The lowest BCUT2D eigenvalue weighted by Gasteiger charge is -2.29. The minimum atomic E-state index is -0.0403. The van der Waals surface area contributed by atoms with Crippen molar-refractivity contribution in [1.29, 1.82) is 0 Å². The first-order valence-electron chi connectivity index (χ1n) is 9.82. The van der Waals surface area contributed by atoms with E-state index < -0.39 is 0 Å². The number of aryl methyl sites for hydroxylation is 2. The van der Waals surface area contributed by atoms with E-state index in [1.54, 1.807) is 7.11 Å². The van der Waals surface area contributed by atoms with Crippen molar-refractivity contribution in [2.24, 2.45) is 0 Å². The number of thiocarbonyl (C=S) groups is 1. The second kappa shape index (κ2) is 8.35. The Morgan fingerprint density at radius 3 is 2.69 bits per heavy atom. The van der Waals surface area contributed by atoms with Gasteiger partial charge in [-0.25, -0.2) is 0 Å². The molecular formula is C23H26N4OS. The highest BCUT2D eigenvalue weighted by atomic mass is 32.1. The molecule has 1 fully saturated rings. The molecule has 0 aliphatic carbocycles. The summed E-state index contributed by atoms with van der Waals surface area (Å²) < 4.78 is 7.56. The maximum atomic E-state index is 5.81. The van der Waals surface area contributed by atoms with Crippen molar-refractivity contribution >= 4 is 23.0 Å². The van der Waals surface area contributed by atoms with E-state index in [-0.39, 0.29) is 12.1 Å². The molecular weight excluding hydrogens is 380 g/mol. The average molecular weight is 407 g/mol. The van der Waals surface area contributed by atoms with E-state index >= 15 is 0 Å². The molecule has 6 heteroatoms. The lowest BCUT2D eigenvalue weighted by atomic mass is 10.00. The lowest BCUT2D eigenvalue weighted by Crippen LogP contribution is -2.30. The first-order valence-corrected chi connectivity index (χ1v) is 10.2. The summed E-state index contributed by atoms with van der Waals surface area (Å²) in [7, 11) is 1.73. The summed E-state index contributed by atoms with van der Waals surface area (Å²) in [6.45, 7) is 5.71. The molecule has 1 aliphatic rings. The van der Waals surface area contributed by atoms with Gasteiger partial charge < -0.3 is 19.5 Å². The van der Waals surface area contributed by atoms with Gasteiger partial charge in [0.25, 0.3) is 0 Å². The van der Waals surface area contributed by atoms with Crippen molar-refractivity contribution in [2.45, 2.75) is 32.5 Å². The van der Waals surface area contributed by atoms with Gasteiger partial charge in [-0.2, -0.15) is 0 Å². The molecule has 0 spiro atoms. The van der Waals surface area contributed by atoms with Crippen molar-refractivity contribution in [1.82, 2.24) is 14.9 Å². The van der Waals surface area contributed by atoms with Gasteiger partial charge in [-0.1, -0.05) is 12.1 Å². The minimum absolute atomic E-state index is 0.00800. The quantitative estimate of drug-likeness (QED) is 0.618. The number of rotatable bonds is 6. The van der Waals surface area contributed by atoms with Crippen LogP contribution in [0.1, 0.15) is 34.6 Å². The van der Waals surface area contributed by atoms with Crippen molar-refractivity contribution in [3.8, 4) is 0 Å². The van der Waals surface area contributed by atoms with E-state index in [1.165, 1.54) is 16.8 Å². The van der Waals surface area contributed by atoms with E-state index in [2.05, 4.69) is 76.2 Å². The Labute approximate surface area is 177 Å². The molecule has 3 heterocycles. The van der Waals surface area contributed by atoms with E-state index in [1.807, 2.05) is 18.3 Å². The number of methoxy groups -OCH3 is 1. The van der Waals surface area contributed by atoms with Crippen LogP contribution in [-0.4, -0.2) is 28.4 Å². The van der Waals surface area contributed by atoms with Crippen LogP contribution in [0.25, 0.3) is 0 Å². The van der Waals surface area contributed by atoms with E-state index in [0.29, 0.717) is 11.7 Å². The van der Waals surface area contributed by atoms with Crippen LogP contribution in [0.4, 0.5) is 5.69 Å². The first kappa shape index (κ1) is 19.6. The predicted molar refractivity (Wildman–Crippen MR) is 120 cm³/mol. The molecule has 1 aliphatic heterocycles. The molecule has 1 saturated heterocycles. The fraction of sp³-hybridized carbons (Fsp3) is 0.304. The molecule has 29 heavy (non-hydrogen) atoms. The number of benzene rings is 1. The fourth-order valence-electron chi connectivity index (χ4n) is 3.90. The molecule has 2 aromatic heterocycles. The zero-order valence-electron chi connectivity index (χ0n) is 17.0. The Balaban J connectivity index is 1.82. The number of nitrogens with zero attached hydrogens (tertiary/aromatic N) is 3. The summed E-state index contributed by atoms with van der Waals surface area (Å²) in [4.78, 5) is 6.85. The third-order valence-corrected chi connectivity index (χ3v) is 5.89. The maximum absolute atomic E-state index is 5.81. The van der Waals surface area contributed by atoms with Crippen LogP contribution in [0.5, 0.6) is 0 Å². The van der Waals surface area contributed by atoms with Gasteiger partial charge in [-0.3, -0.25) is 4.98 Å². The monoisotopic (exact) mass is 406 g/mol. The molecule has 0 unspecified atom stereocenters. The standard InChI is InChI=1S/C23H26N4OS/c1-16-9-10-18(15-17(16)2)27-22(20-8-6-12-26(20)13-14-28-3)21(25-23(27)29)19-7-4-5-11-24-19/h4-12,15,21-22H,13-14H2,1-3H3,(H,25,29)/t21-,22+/m1/s1. The van der Waals surface area contributed by atoms with Crippen molar-refractivity contribution < 1.29 is 4.74 Å². The SMILES string of the molecule is COCCn1cccc1[C@H]1[C@@H](c2ccccn2)NC(=S)N1c1ccc(C)c(C)c1. The van der Waals surface area contributed by atoms with Gasteiger partial charge in [-0.05, 0) is 73.6 Å². The number of nitrogens with one attached hydrogen (secondary N) is 1. The third-order valence-electron chi connectivity index (χ3n) is 5.57. The minimum Gasteiger partial charge on any atom is -0.383 e. The molecule has 0 bridgehead atoms. The van der Waals surface area contributed by atoms with Crippen LogP contribution in [0.3, 0.4) is 0 Å². The van der Waals surface area contributed by atoms with Gasteiger partial charge in [0.1, 0.15) is 6.04 Å². The van der Waals surface area contributed by atoms with Crippen molar-refractivity contribution in [2.75, 3.05) is 18.6 Å². The molecule has 0 radical (unpaired) electrons. The first-order chi connectivity index (χ1) is 14.1. The summed E-state index contributed by atoms with van der Waals surface area (Å²) in [5.41, 5.74) is 5.77. The van der Waals surface area contributed by atoms with Gasteiger partial charge in [0.2, 0.25) is 0 Å². The molecule has 1 N–H and O–H groups in total. The van der Waals surface area contributed by atoms with Crippen LogP contribution in [0.2, 0.25) is 0 Å². The zero-order valence-corrected chi connectivity index (χ0v) is 17.8. The van der Waals surface area contributed by atoms with Crippen molar-refractivity contribution in [3.05, 3.63) is 83.4 Å². The van der Waals surface area contributed by atoms with Crippen LogP contribution in [0.15, 0.2) is 60.9 Å². The summed E-state index contributed by atoms with van der Waals surface area (Å²) >= 11 is 5.81. The van der Waals surface area contributed by atoms with Gasteiger partial charge in [0.15, 0.2) is 5.11 Å². The normalized spacial score (nSPS) is 18.9. The highest BCUT2D eigenvalue weighted by Gasteiger charge is 2.42. The van der Waals surface area contributed by atoms with Gasteiger partial charge in [0.05, 0.1) is 18.3 Å². The lowest BCUT2D eigenvalue weighted by molar-refractivity contribution is 0.186. The summed E-state index contributed by atoms with van der Waals surface area (Å²) in [6, 6.07) is 16.7. The second-order valence-electron chi connectivity index (χ2n) is 7.38. The number of pyridine rings is 1. The smallest absolute Gasteiger partial charge is 0.174 e. The number of hydrogen-bond acceptors (Lipinski definition) is 3. The number of anilines is 1. The van der Waals surface area contributed by atoms with E-state index in [0.717, 1.165) is 17.9 Å². The van der Waals surface area contributed by atoms with Crippen LogP contribution in [-0.2, 0) is 11.3 Å². The molecule has 4 rings (SSSR count). The Kier molecular flexibility index (Phi) is 5.65. The largest absolute Gasteiger partial charge is 0.383 e. The van der Waals surface area contributed by atoms with E-state index in [4.69, 9.17) is 17.0 Å². The predicted octanol–water partition coefficient (Wildman–Crippen LogP) is 4.32. The molecule has 3 aromatic rings. The summed E-state index contributed by atoms with van der Waals surface area (Å²) in [5.74, 6) is 0. The Hall–Kier alpha value is -2.70. The molecule has 150 valence electrons. The van der Waals surface area contributed by atoms with Gasteiger partial charge in [0, 0.05) is 37.4 Å². The summed E-state index contributed by atoms with van der Waals surface area (Å²) in [5, 5.41) is 4.24. The topological polar surface area (TPSA) is 42.3 Å². The fourth-order valence-corrected chi connectivity index (χ4v) is 4.24. The third kappa shape index (κ3) is 3.78. The van der Waals surface area contributed by atoms with Crippen molar-refractivity contribution in [3.63, 3.8) is 0 Å². The zero-order chi connectivity index (χ0) is 20.4. The Morgan fingerprint density at radius 2 is 1.97 bits per heavy atom. The highest BCUT2D eigenvalue weighted by Crippen LogP contribution is 2.41. The molecule has 2 atom stereocenters.